The smallest absolute Gasteiger partial charge is 0.405 e. The minimum absolute atomic E-state index is 0. The first kappa shape index (κ1) is 22.0. The summed E-state index contributed by atoms with van der Waals surface area (Å²) in [6, 6.07) is 11.6. The van der Waals surface area contributed by atoms with Crippen LogP contribution in [0, 0.1) is 6.92 Å². The van der Waals surface area contributed by atoms with Gasteiger partial charge in [0.15, 0.2) is 5.96 Å². The number of aryl methyl sites for hydroxylation is 1. The van der Waals surface area contributed by atoms with Crippen LogP contribution in [-0.2, 0) is 13.1 Å². The van der Waals surface area contributed by atoms with Crippen molar-refractivity contribution in [1.82, 2.24) is 15.6 Å². The van der Waals surface area contributed by atoms with Crippen LogP contribution in [0.25, 0.3) is 0 Å². The Bertz CT molecular complexity index is 738. The topological polar surface area (TPSA) is 58.5 Å². The molecule has 0 atom stereocenters. The highest BCUT2D eigenvalue weighted by Gasteiger charge is 2.31. The van der Waals surface area contributed by atoms with Gasteiger partial charge in [-0.25, -0.2) is 0 Å². The minimum Gasteiger partial charge on any atom is -0.405 e. The summed E-state index contributed by atoms with van der Waals surface area (Å²) in [5, 5.41) is 6.02. The van der Waals surface area contributed by atoms with Crippen LogP contribution in [-0.4, -0.2) is 24.4 Å². The predicted octanol–water partition coefficient (Wildman–Crippen LogP) is 3.77. The number of hydrogen-bond donors (Lipinski definition) is 2. The van der Waals surface area contributed by atoms with Gasteiger partial charge in [-0.15, -0.1) is 37.1 Å². The van der Waals surface area contributed by atoms with E-state index in [1.54, 1.807) is 19.2 Å². The van der Waals surface area contributed by atoms with Gasteiger partial charge >= 0.3 is 6.36 Å². The highest BCUT2D eigenvalue weighted by Crippen LogP contribution is 2.25. The predicted molar refractivity (Wildman–Crippen MR) is 105 cm³/mol. The molecule has 0 saturated heterocycles. The van der Waals surface area contributed by atoms with E-state index in [9.17, 15) is 13.2 Å². The molecule has 1 aromatic heterocycles. The van der Waals surface area contributed by atoms with Crippen molar-refractivity contribution in [2.45, 2.75) is 26.4 Å². The van der Waals surface area contributed by atoms with Gasteiger partial charge in [0.2, 0.25) is 0 Å². The van der Waals surface area contributed by atoms with Crippen LogP contribution in [0.1, 0.15) is 17.0 Å². The van der Waals surface area contributed by atoms with Gasteiger partial charge in [0.05, 0.1) is 12.2 Å². The van der Waals surface area contributed by atoms with E-state index in [1.165, 1.54) is 12.1 Å². The first-order chi connectivity index (χ1) is 11.9. The van der Waals surface area contributed by atoms with Crippen molar-refractivity contribution in [3.05, 3.63) is 59.4 Å². The lowest BCUT2D eigenvalue weighted by Gasteiger charge is -2.15. The monoisotopic (exact) mass is 480 g/mol. The van der Waals surface area contributed by atoms with Crippen molar-refractivity contribution >= 4 is 29.9 Å². The Morgan fingerprint density at radius 1 is 1.08 bits per heavy atom. The normalized spacial score (nSPS) is 11.5. The Labute approximate surface area is 167 Å². The van der Waals surface area contributed by atoms with Crippen molar-refractivity contribution < 1.29 is 17.9 Å². The molecule has 2 rings (SSSR count). The molecule has 1 heterocycles. The lowest BCUT2D eigenvalue weighted by molar-refractivity contribution is -0.274. The summed E-state index contributed by atoms with van der Waals surface area (Å²) in [6.07, 6.45) is -4.73. The van der Waals surface area contributed by atoms with Crippen LogP contribution in [0.15, 0.2) is 47.5 Å². The average Bonchev–Trinajstić information content (AvgIpc) is 2.55. The number of alkyl halides is 3. The molecule has 142 valence electrons. The fourth-order valence-electron chi connectivity index (χ4n) is 2.15. The maximum Gasteiger partial charge on any atom is 0.573 e. The van der Waals surface area contributed by atoms with Crippen molar-refractivity contribution in [2.24, 2.45) is 4.99 Å². The lowest BCUT2D eigenvalue weighted by Crippen LogP contribution is -2.36. The average molecular weight is 480 g/mol. The van der Waals surface area contributed by atoms with E-state index >= 15 is 0 Å². The molecule has 5 nitrogen and oxygen atoms in total. The maximum absolute atomic E-state index is 12.4. The maximum atomic E-state index is 12.4. The molecule has 1 aromatic carbocycles. The SMILES string of the molecule is CN=C(NCc1cccc(C)n1)NCc1ccccc1OC(F)(F)F.I. The van der Waals surface area contributed by atoms with E-state index in [0.717, 1.165) is 11.4 Å². The van der Waals surface area contributed by atoms with Gasteiger partial charge in [-0.2, -0.15) is 0 Å². The molecule has 2 N–H and O–H groups in total. The van der Waals surface area contributed by atoms with Crippen molar-refractivity contribution in [3.8, 4) is 5.75 Å². The Morgan fingerprint density at radius 2 is 1.77 bits per heavy atom. The number of nitrogens with zero attached hydrogens (tertiary/aromatic N) is 2. The van der Waals surface area contributed by atoms with Crippen LogP contribution in [0.3, 0.4) is 0 Å². The van der Waals surface area contributed by atoms with E-state index in [-0.39, 0.29) is 36.3 Å². The summed E-state index contributed by atoms with van der Waals surface area (Å²) in [4.78, 5) is 8.41. The molecular formula is C17H20F3IN4O. The Morgan fingerprint density at radius 3 is 2.42 bits per heavy atom. The van der Waals surface area contributed by atoms with Gasteiger partial charge in [0.1, 0.15) is 5.75 Å². The number of aliphatic imine (C=N–C) groups is 1. The second kappa shape index (κ2) is 10.2. The number of benzene rings is 1. The molecule has 0 aliphatic rings. The van der Waals surface area contributed by atoms with Gasteiger partial charge in [0.25, 0.3) is 0 Å². The van der Waals surface area contributed by atoms with E-state index in [1.807, 2.05) is 25.1 Å². The third kappa shape index (κ3) is 7.46. The van der Waals surface area contributed by atoms with Crippen molar-refractivity contribution in [3.63, 3.8) is 0 Å². The van der Waals surface area contributed by atoms with E-state index in [0.29, 0.717) is 18.1 Å². The van der Waals surface area contributed by atoms with Crippen LogP contribution in [0.5, 0.6) is 5.75 Å². The highest BCUT2D eigenvalue weighted by molar-refractivity contribution is 14.0. The van der Waals surface area contributed by atoms with Gasteiger partial charge < -0.3 is 15.4 Å². The number of guanidine groups is 1. The van der Waals surface area contributed by atoms with E-state index in [4.69, 9.17) is 0 Å². The minimum atomic E-state index is -4.73. The molecule has 0 fully saturated rings. The van der Waals surface area contributed by atoms with E-state index < -0.39 is 6.36 Å². The molecule has 0 saturated carbocycles. The summed E-state index contributed by atoms with van der Waals surface area (Å²) < 4.78 is 41.4. The number of hydrogen-bond acceptors (Lipinski definition) is 3. The third-order valence-corrected chi connectivity index (χ3v) is 3.25. The van der Waals surface area contributed by atoms with Gasteiger partial charge in [-0.05, 0) is 25.1 Å². The van der Waals surface area contributed by atoms with Crippen LogP contribution in [0.2, 0.25) is 0 Å². The Balaban J connectivity index is 0.00000338. The molecule has 0 spiro atoms. The fraction of sp³-hybridized carbons (Fsp3) is 0.294. The molecule has 2 aromatic rings. The second-order valence-corrected chi connectivity index (χ2v) is 5.21. The summed E-state index contributed by atoms with van der Waals surface area (Å²) in [5.41, 5.74) is 2.11. The van der Waals surface area contributed by atoms with Gasteiger partial charge in [-0.3, -0.25) is 9.98 Å². The zero-order valence-electron chi connectivity index (χ0n) is 14.3. The Hall–Kier alpha value is -2.04. The van der Waals surface area contributed by atoms with Crippen LogP contribution >= 0.6 is 24.0 Å². The number of ether oxygens (including phenoxy) is 1. The zero-order chi connectivity index (χ0) is 18.3. The van der Waals surface area contributed by atoms with Crippen LogP contribution in [0.4, 0.5) is 13.2 Å². The summed E-state index contributed by atoms with van der Waals surface area (Å²) in [7, 11) is 1.58. The largest absolute Gasteiger partial charge is 0.573 e. The zero-order valence-corrected chi connectivity index (χ0v) is 16.6. The first-order valence-corrected chi connectivity index (χ1v) is 7.58. The van der Waals surface area contributed by atoms with E-state index in [2.05, 4.69) is 25.3 Å². The molecule has 0 aliphatic heterocycles. The molecule has 9 heteroatoms. The summed E-state index contributed by atoms with van der Waals surface area (Å²) >= 11 is 0. The van der Waals surface area contributed by atoms with Crippen LogP contribution < -0.4 is 15.4 Å². The molecule has 0 aliphatic carbocycles. The number of para-hydroxylation sites is 1. The summed E-state index contributed by atoms with van der Waals surface area (Å²) in [5.74, 6) is 0.212. The van der Waals surface area contributed by atoms with Crippen molar-refractivity contribution in [2.75, 3.05) is 7.05 Å². The molecule has 0 radical (unpaired) electrons. The second-order valence-electron chi connectivity index (χ2n) is 5.21. The number of pyridine rings is 1. The molecule has 0 amide bonds. The number of rotatable bonds is 5. The summed E-state index contributed by atoms with van der Waals surface area (Å²) in [6.45, 7) is 2.48. The standard InChI is InChI=1S/C17H19F3N4O.HI/c1-12-6-5-8-14(24-12)11-23-16(21-2)22-10-13-7-3-4-9-15(13)25-17(18,19)20;/h3-9H,10-11H2,1-2H3,(H2,21,22,23);1H. The number of nitrogens with one attached hydrogen (secondary N) is 2. The molecular weight excluding hydrogens is 460 g/mol. The Kier molecular flexibility index (Phi) is 8.62. The number of halogens is 4. The lowest BCUT2D eigenvalue weighted by atomic mass is 10.2. The molecule has 0 bridgehead atoms. The highest BCUT2D eigenvalue weighted by atomic mass is 127. The first-order valence-electron chi connectivity index (χ1n) is 7.58. The van der Waals surface area contributed by atoms with Gasteiger partial charge in [-0.1, -0.05) is 24.3 Å². The van der Waals surface area contributed by atoms with Gasteiger partial charge in [0, 0.05) is 24.8 Å². The fourth-order valence-corrected chi connectivity index (χ4v) is 2.15. The third-order valence-electron chi connectivity index (χ3n) is 3.25. The molecule has 26 heavy (non-hydrogen) atoms. The van der Waals surface area contributed by atoms with Crippen molar-refractivity contribution in [1.29, 1.82) is 0 Å². The quantitative estimate of drug-likeness (QED) is 0.389. The molecule has 0 unspecified atom stereocenters. The number of aromatic nitrogens is 1.